The summed E-state index contributed by atoms with van der Waals surface area (Å²) in [5, 5.41) is 7.81. The summed E-state index contributed by atoms with van der Waals surface area (Å²) < 4.78 is 5.89. The summed E-state index contributed by atoms with van der Waals surface area (Å²) in [5.74, 6) is 0.789. The molecule has 24 heavy (non-hydrogen) atoms. The lowest BCUT2D eigenvalue weighted by Gasteiger charge is -2.09. The molecule has 0 atom stereocenters. The molecule has 0 saturated carbocycles. The first kappa shape index (κ1) is 17.9. The molecule has 2 aromatic carbocycles. The van der Waals surface area contributed by atoms with Crippen LogP contribution in [0.25, 0.3) is 0 Å². The Morgan fingerprint density at radius 2 is 1.88 bits per heavy atom. The molecule has 2 N–H and O–H groups in total. The number of nitrogens with zero attached hydrogens (tertiary/aromatic N) is 1. The second kappa shape index (κ2) is 10.4. The van der Waals surface area contributed by atoms with Crippen LogP contribution in [0.15, 0.2) is 59.7 Å². The summed E-state index contributed by atoms with van der Waals surface area (Å²) in [6.07, 6.45) is 3.93. The number of benzene rings is 2. The van der Waals surface area contributed by atoms with E-state index in [1.807, 2.05) is 54.6 Å². The summed E-state index contributed by atoms with van der Waals surface area (Å²) in [6.45, 7) is 3.52. The molecule has 0 heterocycles. The van der Waals surface area contributed by atoms with E-state index in [2.05, 4.69) is 22.8 Å². The van der Waals surface area contributed by atoms with Gasteiger partial charge in [0.05, 0.1) is 6.21 Å². The first-order valence-corrected chi connectivity index (χ1v) is 8.53. The lowest BCUT2D eigenvalue weighted by Crippen LogP contribution is -2.32. The molecule has 2 rings (SSSR count). The molecule has 0 unspecified atom stereocenters. The van der Waals surface area contributed by atoms with E-state index < -0.39 is 0 Å². The minimum absolute atomic E-state index is 0.524. The topological polar surface area (TPSA) is 45.7 Å². The van der Waals surface area contributed by atoms with Crippen molar-refractivity contribution in [2.45, 2.75) is 26.4 Å². The van der Waals surface area contributed by atoms with E-state index >= 15 is 0 Å². The number of rotatable bonds is 8. The van der Waals surface area contributed by atoms with Crippen molar-refractivity contribution in [3.63, 3.8) is 0 Å². The summed E-state index contributed by atoms with van der Waals surface area (Å²) in [6, 6.07) is 17.9. The van der Waals surface area contributed by atoms with Gasteiger partial charge in [-0.15, -0.1) is 0 Å². The van der Waals surface area contributed by atoms with Gasteiger partial charge in [0.15, 0.2) is 5.11 Å². The van der Waals surface area contributed by atoms with Crippen LogP contribution in [0.1, 0.15) is 30.9 Å². The van der Waals surface area contributed by atoms with Gasteiger partial charge < -0.3 is 10.1 Å². The standard InChI is InChI=1S/C19H23N3OS/c1-2-3-13-20-19(24)22-21-14-17-11-7-8-12-18(17)23-15-16-9-5-4-6-10-16/h4-12,14H,2-3,13,15H2,1H3,(H2,20,22,24)/b21-14-. The van der Waals surface area contributed by atoms with Crippen LogP contribution in [-0.2, 0) is 6.61 Å². The fourth-order valence-corrected chi connectivity index (χ4v) is 2.19. The van der Waals surface area contributed by atoms with Crippen LogP contribution >= 0.6 is 12.2 Å². The maximum Gasteiger partial charge on any atom is 0.186 e. The van der Waals surface area contributed by atoms with Gasteiger partial charge in [0.1, 0.15) is 12.4 Å². The molecular formula is C19H23N3OS. The van der Waals surface area contributed by atoms with Crippen LogP contribution < -0.4 is 15.5 Å². The van der Waals surface area contributed by atoms with Gasteiger partial charge in [0.2, 0.25) is 0 Å². The fourth-order valence-electron chi connectivity index (χ4n) is 2.03. The molecular weight excluding hydrogens is 318 g/mol. The maximum absolute atomic E-state index is 5.89. The van der Waals surface area contributed by atoms with E-state index in [-0.39, 0.29) is 0 Å². The predicted octanol–water partition coefficient (Wildman–Crippen LogP) is 3.86. The van der Waals surface area contributed by atoms with Crippen molar-refractivity contribution in [2.75, 3.05) is 6.54 Å². The minimum atomic E-state index is 0.524. The van der Waals surface area contributed by atoms with Gasteiger partial charge >= 0.3 is 0 Å². The summed E-state index contributed by atoms with van der Waals surface area (Å²) in [7, 11) is 0. The SMILES string of the molecule is CCCCNC(=S)N/N=C\c1ccccc1OCc1ccccc1. The molecule has 0 aliphatic heterocycles. The number of ether oxygens (including phenoxy) is 1. The molecule has 0 bridgehead atoms. The second-order valence-corrected chi connectivity index (χ2v) is 5.70. The van der Waals surface area contributed by atoms with E-state index in [1.165, 1.54) is 0 Å². The van der Waals surface area contributed by atoms with Crippen LogP contribution in [0.5, 0.6) is 5.75 Å². The molecule has 0 saturated heterocycles. The molecule has 2 aromatic rings. The number of thiocarbonyl (C=S) groups is 1. The van der Waals surface area contributed by atoms with Crippen molar-refractivity contribution >= 4 is 23.5 Å². The summed E-state index contributed by atoms with van der Waals surface area (Å²) in [4.78, 5) is 0. The third-order valence-corrected chi connectivity index (χ3v) is 3.58. The monoisotopic (exact) mass is 341 g/mol. The van der Waals surface area contributed by atoms with Crippen LogP contribution in [0.3, 0.4) is 0 Å². The first-order valence-electron chi connectivity index (χ1n) is 8.12. The normalized spacial score (nSPS) is 10.5. The Morgan fingerprint density at radius 3 is 2.67 bits per heavy atom. The Balaban J connectivity index is 1.88. The Morgan fingerprint density at radius 1 is 1.12 bits per heavy atom. The Hall–Kier alpha value is -2.40. The van der Waals surface area contributed by atoms with Crippen LogP contribution in [0.4, 0.5) is 0 Å². The lowest BCUT2D eigenvalue weighted by atomic mass is 10.2. The summed E-state index contributed by atoms with van der Waals surface area (Å²) >= 11 is 5.16. The Bertz CT molecular complexity index is 659. The van der Waals surface area contributed by atoms with Gasteiger partial charge in [-0.05, 0) is 36.3 Å². The molecule has 5 heteroatoms. The van der Waals surface area contributed by atoms with Gasteiger partial charge in [-0.1, -0.05) is 55.8 Å². The van der Waals surface area contributed by atoms with E-state index in [9.17, 15) is 0 Å². The Labute approximate surface area is 148 Å². The Kier molecular flexibility index (Phi) is 7.77. The average molecular weight is 341 g/mol. The van der Waals surface area contributed by atoms with Crippen molar-refractivity contribution in [2.24, 2.45) is 5.10 Å². The van der Waals surface area contributed by atoms with Gasteiger partial charge in [0, 0.05) is 12.1 Å². The zero-order valence-corrected chi connectivity index (χ0v) is 14.7. The zero-order chi connectivity index (χ0) is 17.0. The van der Waals surface area contributed by atoms with Gasteiger partial charge in [0.25, 0.3) is 0 Å². The van der Waals surface area contributed by atoms with Crippen molar-refractivity contribution in [3.8, 4) is 5.75 Å². The highest BCUT2D eigenvalue weighted by molar-refractivity contribution is 7.80. The van der Waals surface area contributed by atoms with E-state index in [0.29, 0.717) is 11.7 Å². The smallest absolute Gasteiger partial charge is 0.186 e. The average Bonchev–Trinajstić information content (AvgIpc) is 2.62. The highest BCUT2D eigenvalue weighted by Crippen LogP contribution is 2.17. The molecule has 0 aliphatic rings. The minimum Gasteiger partial charge on any atom is -0.488 e. The first-order chi connectivity index (χ1) is 11.8. The second-order valence-electron chi connectivity index (χ2n) is 5.29. The van der Waals surface area contributed by atoms with E-state index in [4.69, 9.17) is 17.0 Å². The van der Waals surface area contributed by atoms with Gasteiger partial charge in [-0.25, -0.2) is 0 Å². The van der Waals surface area contributed by atoms with Crippen molar-refractivity contribution in [1.29, 1.82) is 0 Å². The highest BCUT2D eigenvalue weighted by Gasteiger charge is 2.01. The molecule has 0 radical (unpaired) electrons. The molecule has 0 aliphatic carbocycles. The number of nitrogens with one attached hydrogen (secondary N) is 2. The molecule has 0 aromatic heterocycles. The number of hydrogen-bond donors (Lipinski definition) is 2. The number of hydrazone groups is 1. The molecule has 0 fully saturated rings. The fraction of sp³-hybridized carbons (Fsp3) is 0.263. The molecule has 4 nitrogen and oxygen atoms in total. The number of hydrogen-bond acceptors (Lipinski definition) is 3. The maximum atomic E-state index is 5.89. The zero-order valence-electron chi connectivity index (χ0n) is 13.9. The largest absolute Gasteiger partial charge is 0.488 e. The molecule has 0 amide bonds. The highest BCUT2D eigenvalue weighted by atomic mass is 32.1. The van der Waals surface area contributed by atoms with Gasteiger partial charge in [-0.2, -0.15) is 5.10 Å². The number of unbranched alkanes of at least 4 members (excludes halogenated alkanes) is 1. The van der Waals surface area contributed by atoms with Crippen molar-refractivity contribution in [1.82, 2.24) is 10.7 Å². The third-order valence-electron chi connectivity index (χ3n) is 3.34. The van der Waals surface area contributed by atoms with Crippen LogP contribution in [0, 0.1) is 0 Å². The quantitative estimate of drug-likeness (QED) is 0.331. The predicted molar refractivity (Wildman–Crippen MR) is 103 cm³/mol. The van der Waals surface area contributed by atoms with Crippen molar-refractivity contribution < 1.29 is 4.74 Å². The number of para-hydroxylation sites is 1. The van der Waals surface area contributed by atoms with E-state index in [0.717, 1.165) is 36.3 Å². The molecule has 0 spiro atoms. The van der Waals surface area contributed by atoms with Crippen molar-refractivity contribution in [3.05, 3.63) is 65.7 Å². The van der Waals surface area contributed by atoms with Crippen LogP contribution in [-0.4, -0.2) is 17.9 Å². The van der Waals surface area contributed by atoms with Crippen LogP contribution in [0.2, 0.25) is 0 Å². The third kappa shape index (κ3) is 6.38. The lowest BCUT2D eigenvalue weighted by molar-refractivity contribution is 0.306. The summed E-state index contributed by atoms with van der Waals surface area (Å²) in [5.41, 5.74) is 4.85. The molecule has 126 valence electrons. The van der Waals surface area contributed by atoms with Gasteiger partial charge in [-0.3, -0.25) is 5.43 Å². The van der Waals surface area contributed by atoms with E-state index in [1.54, 1.807) is 6.21 Å².